The zero-order chi connectivity index (χ0) is 11.2. The topological polar surface area (TPSA) is 29.5 Å². The van der Waals surface area contributed by atoms with E-state index in [0.29, 0.717) is 5.92 Å². The Morgan fingerprint density at radius 3 is 2.73 bits per heavy atom. The lowest BCUT2D eigenvalue weighted by Crippen LogP contribution is -2.59. The van der Waals surface area contributed by atoms with Crippen molar-refractivity contribution in [2.45, 2.75) is 38.7 Å². The molecule has 2 heterocycles. The maximum Gasteiger partial charge on any atom is 0.184 e. The minimum absolute atomic E-state index is 0.0800. The van der Waals surface area contributed by atoms with Crippen molar-refractivity contribution in [3.8, 4) is 0 Å². The second-order valence-electron chi connectivity index (χ2n) is 5.46. The normalized spacial score (nSPS) is 31.5. The van der Waals surface area contributed by atoms with Gasteiger partial charge in [-0.2, -0.15) is 0 Å². The van der Waals surface area contributed by atoms with Crippen LogP contribution in [-0.2, 0) is 9.22 Å². The maximum atomic E-state index is 11.5. The van der Waals surface area contributed by atoms with Gasteiger partial charge in [0.2, 0.25) is 0 Å². The lowest BCUT2D eigenvalue weighted by atomic mass is 9.84. The summed E-state index contributed by atoms with van der Waals surface area (Å²) in [6.07, 6.45) is 3.80. The minimum atomic E-state index is -1.48. The quantitative estimate of drug-likeness (QED) is 0.684. The Hall–Kier alpha value is -0.613. The third kappa shape index (κ3) is 2.01. The molecule has 0 bridgehead atoms. The maximum absolute atomic E-state index is 11.5. The van der Waals surface area contributed by atoms with Crippen LogP contribution in [0.1, 0.15) is 6.92 Å². The Balaban J connectivity index is 1.94. The van der Waals surface area contributed by atoms with E-state index in [0.717, 1.165) is 6.54 Å². The van der Waals surface area contributed by atoms with Gasteiger partial charge in [-0.15, -0.1) is 0 Å². The van der Waals surface area contributed by atoms with E-state index in [1.165, 1.54) is 0 Å². The molecule has 4 heteroatoms. The molecule has 0 saturated carbocycles. The van der Waals surface area contributed by atoms with E-state index >= 15 is 0 Å². The SMILES string of the molecule is C[C@@H](O[Si](C)(C)C)C1CN2C=CC(=O)C12. The van der Waals surface area contributed by atoms with Crippen LogP contribution in [0.2, 0.25) is 19.6 Å². The highest BCUT2D eigenvalue weighted by molar-refractivity contribution is 6.69. The molecular formula is C11H19NO2Si. The molecule has 0 radical (unpaired) electrons. The second kappa shape index (κ2) is 3.45. The van der Waals surface area contributed by atoms with E-state index in [1.54, 1.807) is 6.08 Å². The number of hydrogen-bond donors (Lipinski definition) is 0. The Kier molecular flexibility index (Phi) is 2.51. The smallest absolute Gasteiger partial charge is 0.184 e. The molecule has 2 unspecified atom stereocenters. The summed E-state index contributed by atoms with van der Waals surface area (Å²) < 4.78 is 6.03. The molecule has 2 rings (SSSR count). The molecule has 0 aromatic rings. The van der Waals surface area contributed by atoms with Crippen LogP contribution in [0.4, 0.5) is 0 Å². The molecule has 0 aromatic carbocycles. The van der Waals surface area contributed by atoms with Gasteiger partial charge in [-0.3, -0.25) is 4.79 Å². The van der Waals surface area contributed by atoms with Gasteiger partial charge < -0.3 is 9.33 Å². The first-order valence-electron chi connectivity index (χ1n) is 5.54. The molecule has 84 valence electrons. The minimum Gasteiger partial charge on any atom is -0.415 e. The van der Waals surface area contributed by atoms with Crippen molar-refractivity contribution in [3.63, 3.8) is 0 Å². The van der Waals surface area contributed by atoms with Gasteiger partial charge in [0.25, 0.3) is 0 Å². The van der Waals surface area contributed by atoms with E-state index in [2.05, 4.69) is 31.5 Å². The number of fused-ring (bicyclic) bond motifs is 1. The van der Waals surface area contributed by atoms with Crippen LogP contribution in [0.5, 0.6) is 0 Å². The fourth-order valence-corrected chi connectivity index (χ4v) is 3.70. The second-order valence-corrected chi connectivity index (χ2v) is 9.92. The number of carbonyl (C=O) groups excluding carboxylic acids is 1. The van der Waals surface area contributed by atoms with Gasteiger partial charge in [0, 0.05) is 24.8 Å². The highest BCUT2D eigenvalue weighted by Gasteiger charge is 2.47. The number of hydrogen-bond acceptors (Lipinski definition) is 3. The van der Waals surface area contributed by atoms with Crippen molar-refractivity contribution < 1.29 is 9.22 Å². The van der Waals surface area contributed by atoms with Crippen LogP contribution in [0.15, 0.2) is 12.3 Å². The van der Waals surface area contributed by atoms with Crippen molar-refractivity contribution in [1.82, 2.24) is 4.90 Å². The molecule has 0 amide bonds. The highest BCUT2D eigenvalue weighted by atomic mass is 28.4. The molecule has 3 atom stereocenters. The van der Waals surface area contributed by atoms with Crippen molar-refractivity contribution >= 4 is 14.1 Å². The summed E-state index contributed by atoms with van der Waals surface area (Å²) in [7, 11) is -1.48. The average molecular weight is 225 g/mol. The fourth-order valence-electron chi connectivity index (χ4n) is 2.41. The molecule has 2 aliphatic rings. The summed E-state index contributed by atoms with van der Waals surface area (Å²) in [6.45, 7) is 9.64. The molecule has 0 N–H and O–H groups in total. The molecule has 3 nitrogen and oxygen atoms in total. The average Bonchev–Trinajstić information content (AvgIpc) is 2.21. The van der Waals surface area contributed by atoms with E-state index in [9.17, 15) is 4.79 Å². The van der Waals surface area contributed by atoms with Gasteiger partial charge in [-0.1, -0.05) is 0 Å². The molecule has 1 fully saturated rings. The first-order chi connectivity index (χ1) is 6.88. The van der Waals surface area contributed by atoms with Crippen molar-refractivity contribution in [3.05, 3.63) is 12.3 Å². The van der Waals surface area contributed by atoms with Crippen LogP contribution in [0, 0.1) is 5.92 Å². The third-order valence-electron chi connectivity index (χ3n) is 3.05. The molecule has 0 spiro atoms. The number of ketones is 1. The molecule has 0 aromatic heterocycles. The van der Waals surface area contributed by atoms with E-state index < -0.39 is 8.32 Å². The molecular weight excluding hydrogens is 206 g/mol. The molecule has 1 saturated heterocycles. The zero-order valence-electron chi connectivity index (χ0n) is 9.86. The third-order valence-corrected chi connectivity index (χ3v) is 4.13. The van der Waals surface area contributed by atoms with Crippen molar-refractivity contribution in [2.24, 2.45) is 5.92 Å². The largest absolute Gasteiger partial charge is 0.415 e. The van der Waals surface area contributed by atoms with Gasteiger partial charge in [0.1, 0.15) is 0 Å². The van der Waals surface area contributed by atoms with Gasteiger partial charge in [0.15, 0.2) is 14.1 Å². The first kappa shape index (κ1) is 10.9. The summed E-state index contributed by atoms with van der Waals surface area (Å²) in [5.74, 6) is 0.636. The molecule has 0 aliphatic carbocycles. The Labute approximate surface area is 92.2 Å². The van der Waals surface area contributed by atoms with Gasteiger partial charge in [-0.05, 0) is 32.6 Å². The van der Waals surface area contributed by atoms with Crippen molar-refractivity contribution in [1.29, 1.82) is 0 Å². The van der Waals surface area contributed by atoms with E-state index in [4.69, 9.17) is 4.43 Å². The van der Waals surface area contributed by atoms with Crippen LogP contribution < -0.4 is 0 Å². The van der Waals surface area contributed by atoms with Gasteiger partial charge >= 0.3 is 0 Å². The Bertz CT molecular complexity index is 308. The zero-order valence-corrected chi connectivity index (χ0v) is 10.9. The standard InChI is InChI=1S/C11H19NO2Si/c1-8(14-15(2,3)4)9-7-12-6-5-10(13)11(9)12/h5-6,8-9,11H,7H2,1-4H3/t8-,9?,11?/m1/s1. The van der Waals surface area contributed by atoms with Crippen LogP contribution in [0.25, 0.3) is 0 Å². The Morgan fingerprint density at radius 1 is 1.53 bits per heavy atom. The summed E-state index contributed by atoms with van der Waals surface area (Å²) >= 11 is 0. The van der Waals surface area contributed by atoms with Crippen LogP contribution in [-0.4, -0.2) is 37.7 Å². The van der Waals surface area contributed by atoms with Gasteiger partial charge in [-0.25, -0.2) is 0 Å². The highest BCUT2D eigenvalue weighted by Crippen LogP contribution is 2.34. The lowest BCUT2D eigenvalue weighted by Gasteiger charge is -2.47. The fraction of sp³-hybridized carbons (Fsp3) is 0.727. The van der Waals surface area contributed by atoms with Crippen molar-refractivity contribution in [2.75, 3.05) is 6.54 Å². The first-order valence-corrected chi connectivity index (χ1v) is 8.95. The van der Waals surface area contributed by atoms with Crippen LogP contribution >= 0.6 is 0 Å². The monoisotopic (exact) mass is 225 g/mol. The van der Waals surface area contributed by atoms with E-state index in [1.807, 2.05) is 6.20 Å². The molecule has 2 aliphatic heterocycles. The summed E-state index contributed by atoms with van der Waals surface area (Å²) in [5.41, 5.74) is 0. The summed E-state index contributed by atoms with van der Waals surface area (Å²) in [5, 5.41) is 0. The predicted molar refractivity (Wildman–Crippen MR) is 62.0 cm³/mol. The van der Waals surface area contributed by atoms with E-state index in [-0.39, 0.29) is 17.9 Å². The predicted octanol–water partition coefficient (Wildman–Crippen LogP) is 1.62. The summed E-state index contributed by atoms with van der Waals surface area (Å²) in [6, 6.07) is 0.0800. The Morgan fingerprint density at radius 2 is 2.20 bits per heavy atom. The van der Waals surface area contributed by atoms with Crippen LogP contribution in [0.3, 0.4) is 0 Å². The number of carbonyl (C=O) groups is 1. The van der Waals surface area contributed by atoms with Gasteiger partial charge in [0.05, 0.1) is 6.04 Å². The molecule has 15 heavy (non-hydrogen) atoms. The summed E-state index contributed by atoms with van der Waals surface area (Å²) in [4.78, 5) is 13.7. The number of rotatable bonds is 3. The number of nitrogens with zero attached hydrogens (tertiary/aromatic N) is 1. The lowest BCUT2D eigenvalue weighted by molar-refractivity contribution is -0.126.